The third-order valence-electron chi connectivity index (χ3n) is 4.62. The molecular formula is C17H26N2O. The highest BCUT2D eigenvalue weighted by atomic mass is 16.5. The first kappa shape index (κ1) is 14.1. The van der Waals surface area contributed by atoms with E-state index in [9.17, 15) is 0 Å². The summed E-state index contributed by atoms with van der Waals surface area (Å²) in [4.78, 5) is 2.50. The summed E-state index contributed by atoms with van der Waals surface area (Å²) in [6.45, 7) is 4.09. The molecule has 1 fully saturated rings. The van der Waals surface area contributed by atoms with Gasteiger partial charge in [0.2, 0.25) is 0 Å². The van der Waals surface area contributed by atoms with Gasteiger partial charge in [-0.2, -0.15) is 0 Å². The van der Waals surface area contributed by atoms with Crippen molar-refractivity contribution in [1.82, 2.24) is 10.2 Å². The molecule has 2 heterocycles. The number of fused-ring (bicyclic) bond motifs is 1. The molecule has 1 aromatic rings. The molecule has 1 aromatic carbocycles. The van der Waals surface area contributed by atoms with E-state index in [1.165, 1.54) is 36.8 Å². The summed E-state index contributed by atoms with van der Waals surface area (Å²) in [5.74, 6) is 0. The lowest BCUT2D eigenvalue weighted by atomic mass is 9.97. The average Bonchev–Trinajstić information content (AvgIpc) is 2.70. The molecule has 0 amide bonds. The molecule has 3 heteroatoms. The summed E-state index contributed by atoms with van der Waals surface area (Å²) in [6.07, 6.45) is 5.38. The summed E-state index contributed by atoms with van der Waals surface area (Å²) in [6, 6.07) is 9.39. The topological polar surface area (TPSA) is 24.5 Å². The van der Waals surface area contributed by atoms with Crippen LogP contribution in [-0.2, 0) is 11.3 Å². The van der Waals surface area contributed by atoms with Crippen LogP contribution in [0.4, 0.5) is 0 Å². The second kappa shape index (κ2) is 6.70. The summed E-state index contributed by atoms with van der Waals surface area (Å²) >= 11 is 0. The molecule has 0 radical (unpaired) electrons. The number of nitrogens with one attached hydrogen (secondary N) is 1. The van der Waals surface area contributed by atoms with Gasteiger partial charge >= 0.3 is 0 Å². The Balaban J connectivity index is 1.71. The summed E-state index contributed by atoms with van der Waals surface area (Å²) < 4.78 is 5.90. The highest BCUT2D eigenvalue weighted by Crippen LogP contribution is 2.29. The fraction of sp³-hybridized carbons (Fsp3) is 0.647. The van der Waals surface area contributed by atoms with Gasteiger partial charge in [0, 0.05) is 25.7 Å². The van der Waals surface area contributed by atoms with Crippen LogP contribution in [0.3, 0.4) is 0 Å². The maximum Gasteiger partial charge on any atom is 0.0702 e. The third kappa shape index (κ3) is 3.22. The van der Waals surface area contributed by atoms with Crippen LogP contribution in [0.2, 0.25) is 0 Å². The summed E-state index contributed by atoms with van der Waals surface area (Å²) in [5, 5.41) is 3.53. The number of likely N-dealkylation sites (N-methyl/N-ethyl adjacent to an activating group) is 1. The SMILES string of the molecule is CN(CC1CCCCO1)C1CCNCc2ccccc21. The molecule has 2 aliphatic heterocycles. The van der Waals surface area contributed by atoms with Crippen LogP contribution in [-0.4, -0.2) is 37.7 Å². The van der Waals surface area contributed by atoms with Crippen LogP contribution in [0.15, 0.2) is 24.3 Å². The van der Waals surface area contributed by atoms with E-state index in [-0.39, 0.29) is 0 Å². The number of hydrogen-bond donors (Lipinski definition) is 1. The number of rotatable bonds is 3. The van der Waals surface area contributed by atoms with Crippen LogP contribution < -0.4 is 5.32 Å². The van der Waals surface area contributed by atoms with E-state index < -0.39 is 0 Å². The van der Waals surface area contributed by atoms with Crippen molar-refractivity contribution in [2.75, 3.05) is 26.7 Å². The molecule has 110 valence electrons. The van der Waals surface area contributed by atoms with Crippen LogP contribution in [0, 0.1) is 0 Å². The Morgan fingerprint density at radius 1 is 1.25 bits per heavy atom. The zero-order valence-corrected chi connectivity index (χ0v) is 12.5. The minimum absolute atomic E-state index is 0.428. The van der Waals surface area contributed by atoms with Gasteiger partial charge in [0.1, 0.15) is 0 Å². The van der Waals surface area contributed by atoms with E-state index in [1.54, 1.807) is 0 Å². The summed E-state index contributed by atoms with van der Waals surface area (Å²) in [7, 11) is 2.25. The lowest BCUT2D eigenvalue weighted by Crippen LogP contribution is -2.36. The maximum atomic E-state index is 5.90. The fourth-order valence-corrected chi connectivity index (χ4v) is 3.50. The normalized spacial score (nSPS) is 27.1. The Labute approximate surface area is 122 Å². The first-order chi connectivity index (χ1) is 9.84. The van der Waals surface area contributed by atoms with Gasteiger partial charge < -0.3 is 10.1 Å². The number of nitrogens with zero attached hydrogens (tertiary/aromatic N) is 1. The predicted molar refractivity (Wildman–Crippen MR) is 81.7 cm³/mol. The molecule has 0 spiro atoms. The smallest absolute Gasteiger partial charge is 0.0702 e. The summed E-state index contributed by atoms with van der Waals surface area (Å²) in [5.41, 5.74) is 2.95. The maximum absolute atomic E-state index is 5.90. The van der Waals surface area contributed by atoms with Gasteiger partial charge in [-0.15, -0.1) is 0 Å². The van der Waals surface area contributed by atoms with Gasteiger partial charge in [0.25, 0.3) is 0 Å². The fourth-order valence-electron chi connectivity index (χ4n) is 3.50. The predicted octanol–water partition coefficient (Wildman–Crippen LogP) is 2.72. The van der Waals surface area contributed by atoms with Crippen LogP contribution in [0.5, 0.6) is 0 Å². The Morgan fingerprint density at radius 3 is 3.00 bits per heavy atom. The number of benzene rings is 1. The van der Waals surface area contributed by atoms with Crippen molar-refractivity contribution in [3.63, 3.8) is 0 Å². The van der Waals surface area contributed by atoms with Gasteiger partial charge in [-0.05, 0) is 50.4 Å². The van der Waals surface area contributed by atoms with Crippen molar-refractivity contribution in [3.05, 3.63) is 35.4 Å². The number of ether oxygens (including phenoxy) is 1. The van der Waals surface area contributed by atoms with E-state index in [0.29, 0.717) is 12.1 Å². The molecule has 20 heavy (non-hydrogen) atoms. The minimum atomic E-state index is 0.428. The average molecular weight is 274 g/mol. The van der Waals surface area contributed by atoms with E-state index >= 15 is 0 Å². The van der Waals surface area contributed by atoms with Crippen molar-refractivity contribution < 1.29 is 4.74 Å². The Hall–Kier alpha value is -0.900. The molecule has 0 bridgehead atoms. The van der Waals surface area contributed by atoms with Gasteiger partial charge in [-0.1, -0.05) is 24.3 Å². The lowest BCUT2D eigenvalue weighted by molar-refractivity contribution is -0.00883. The van der Waals surface area contributed by atoms with Crippen molar-refractivity contribution in [1.29, 1.82) is 0 Å². The van der Waals surface area contributed by atoms with Crippen LogP contribution in [0.1, 0.15) is 42.9 Å². The first-order valence-corrected chi connectivity index (χ1v) is 7.95. The Bertz CT molecular complexity index is 429. The first-order valence-electron chi connectivity index (χ1n) is 7.95. The highest BCUT2D eigenvalue weighted by Gasteiger charge is 2.24. The van der Waals surface area contributed by atoms with Gasteiger partial charge in [-0.25, -0.2) is 0 Å². The quantitative estimate of drug-likeness (QED) is 0.917. The molecule has 1 N–H and O–H groups in total. The highest BCUT2D eigenvalue weighted by molar-refractivity contribution is 5.31. The van der Waals surface area contributed by atoms with Crippen molar-refractivity contribution >= 4 is 0 Å². The molecule has 2 unspecified atom stereocenters. The second-order valence-electron chi connectivity index (χ2n) is 6.11. The zero-order chi connectivity index (χ0) is 13.8. The second-order valence-corrected chi connectivity index (χ2v) is 6.11. The van der Waals surface area contributed by atoms with E-state index in [0.717, 1.165) is 26.2 Å². The lowest BCUT2D eigenvalue weighted by Gasteiger charge is -2.33. The molecule has 1 saturated heterocycles. The minimum Gasteiger partial charge on any atom is -0.377 e. The molecule has 0 aliphatic carbocycles. The third-order valence-corrected chi connectivity index (χ3v) is 4.62. The van der Waals surface area contributed by atoms with Gasteiger partial charge in [0.15, 0.2) is 0 Å². The molecular weight excluding hydrogens is 248 g/mol. The monoisotopic (exact) mass is 274 g/mol. The van der Waals surface area contributed by atoms with Crippen molar-refractivity contribution in [2.24, 2.45) is 0 Å². The molecule has 3 nitrogen and oxygen atoms in total. The van der Waals surface area contributed by atoms with E-state index in [1.807, 2.05) is 0 Å². The van der Waals surface area contributed by atoms with Crippen molar-refractivity contribution in [3.8, 4) is 0 Å². The van der Waals surface area contributed by atoms with Gasteiger partial charge in [-0.3, -0.25) is 4.90 Å². The molecule has 0 saturated carbocycles. The van der Waals surface area contributed by atoms with Crippen LogP contribution >= 0.6 is 0 Å². The molecule has 2 aliphatic rings. The van der Waals surface area contributed by atoms with Gasteiger partial charge in [0.05, 0.1) is 6.10 Å². The van der Waals surface area contributed by atoms with Crippen LogP contribution in [0.25, 0.3) is 0 Å². The molecule has 2 atom stereocenters. The largest absolute Gasteiger partial charge is 0.377 e. The van der Waals surface area contributed by atoms with E-state index in [4.69, 9.17) is 4.74 Å². The molecule has 3 rings (SSSR count). The zero-order valence-electron chi connectivity index (χ0n) is 12.5. The standard InChI is InChI=1S/C17H26N2O/c1-19(13-15-7-4-5-11-20-15)17-9-10-18-12-14-6-2-3-8-16(14)17/h2-3,6,8,15,17-18H,4-5,7,9-13H2,1H3. The Kier molecular flexibility index (Phi) is 4.71. The molecule has 0 aromatic heterocycles. The van der Waals surface area contributed by atoms with Crippen molar-refractivity contribution in [2.45, 2.75) is 44.4 Å². The van der Waals surface area contributed by atoms with E-state index in [2.05, 4.69) is 41.5 Å². The Morgan fingerprint density at radius 2 is 2.15 bits per heavy atom. The number of hydrogen-bond acceptors (Lipinski definition) is 3.